The van der Waals surface area contributed by atoms with Gasteiger partial charge in [-0.15, -0.1) is 11.8 Å². The molecule has 0 radical (unpaired) electrons. The molecule has 5 heteroatoms. The van der Waals surface area contributed by atoms with Crippen LogP contribution in [-0.4, -0.2) is 21.0 Å². The molecule has 0 aliphatic carbocycles. The molecule has 0 fully saturated rings. The number of para-hydroxylation sites is 2. The number of H-pyrrole nitrogens is 1. The Morgan fingerprint density at radius 3 is 2.62 bits per heavy atom. The van der Waals surface area contributed by atoms with Crippen LogP contribution in [0.3, 0.4) is 0 Å². The number of hydrogen-bond donors (Lipinski definition) is 1. The van der Waals surface area contributed by atoms with E-state index in [0.717, 1.165) is 16.8 Å². The van der Waals surface area contributed by atoms with E-state index in [9.17, 15) is 10.1 Å². The summed E-state index contributed by atoms with van der Waals surface area (Å²) in [5.74, 6) is 0.190. The number of carbonyl (C=O) groups excluding carboxylic acids is 1. The molecule has 0 aliphatic heterocycles. The quantitative estimate of drug-likeness (QED) is 0.737. The van der Waals surface area contributed by atoms with Gasteiger partial charge in [-0.2, -0.15) is 5.26 Å². The van der Waals surface area contributed by atoms with E-state index in [1.165, 1.54) is 5.56 Å². The van der Waals surface area contributed by atoms with Gasteiger partial charge in [0, 0.05) is 5.75 Å². The third-order valence-corrected chi connectivity index (χ3v) is 5.07. The van der Waals surface area contributed by atoms with Gasteiger partial charge in [0.2, 0.25) is 0 Å². The Bertz CT molecular complexity index is 849. The highest BCUT2D eigenvalue weighted by Crippen LogP contribution is 2.25. The average molecular weight is 335 g/mol. The van der Waals surface area contributed by atoms with E-state index in [1.807, 2.05) is 61.5 Å². The van der Waals surface area contributed by atoms with Gasteiger partial charge in [-0.05, 0) is 24.6 Å². The number of benzene rings is 2. The lowest BCUT2D eigenvalue weighted by atomic mass is 10.0. The number of aromatic amines is 1. The van der Waals surface area contributed by atoms with E-state index in [0.29, 0.717) is 5.82 Å². The average Bonchev–Trinajstić information content (AvgIpc) is 3.04. The first-order valence-electron chi connectivity index (χ1n) is 7.72. The Morgan fingerprint density at radius 2 is 1.92 bits per heavy atom. The van der Waals surface area contributed by atoms with Crippen LogP contribution in [0.1, 0.15) is 24.2 Å². The van der Waals surface area contributed by atoms with Gasteiger partial charge in [-0.3, -0.25) is 4.79 Å². The molecule has 2 atom stereocenters. The van der Waals surface area contributed by atoms with Gasteiger partial charge in [-0.25, -0.2) is 4.98 Å². The molecule has 3 rings (SSSR count). The van der Waals surface area contributed by atoms with E-state index in [1.54, 1.807) is 11.8 Å². The van der Waals surface area contributed by atoms with Crippen molar-refractivity contribution in [3.05, 3.63) is 66.0 Å². The van der Waals surface area contributed by atoms with Gasteiger partial charge >= 0.3 is 0 Å². The summed E-state index contributed by atoms with van der Waals surface area (Å²) < 4.78 is 0. The minimum Gasteiger partial charge on any atom is -0.340 e. The summed E-state index contributed by atoms with van der Waals surface area (Å²) in [5, 5.41) is 9.19. The highest BCUT2D eigenvalue weighted by Gasteiger charge is 2.28. The van der Waals surface area contributed by atoms with Crippen LogP contribution >= 0.6 is 11.8 Å². The van der Waals surface area contributed by atoms with Crippen molar-refractivity contribution in [2.24, 2.45) is 0 Å². The number of hydrogen-bond acceptors (Lipinski definition) is 4. The van der Waals surface area contributed by atoms with Gasteiger partial charge in [0.1, 0.15) is 5.82 Å². The Hall–Kier alpha value is -2.58. The largest absolute Gasteiger partial charge is 0.340 e. The number of nitrogens with zero attached hydrogens (tertiary/aromatic N) is 2. The van der Waals surface area contributed by atoms with Crippen LogP contribution in [-0.2, 0) is 10.5 Å². The van der Waals surface area contributed by atoms with Crippen LogP contribution in [0.25, 0.3) is 11.0 Å². The smallest absolute Gasteiger partial charge is 0.170 e. The predicted octanol–water partition coefficient (Wildman–Crippen LogP) is 4.06. The van der Waals surface area contributed by atoms with E-state index < -0.39 is 5.92 Å². The van der Waals surface area contributed by atoms with Crippen LogP contribution in [0.15, 0.2) is 54.6 Å². The van der Waals surface area contributed by atoms with Gasteiger partial charge in [0.25, 0.3) is 0 Å². The fourth-order valence-electron chi connectivity index (χ4n) is 2.48. The zero-order valence-corrected chi connectivity index (χ0v) is 14.1. The molecule has 1 N–H and O–H groups in total. The minimum absolute atomic E-state index is 0.113. The first-order valence-corrected chi connectivity index (χ1v) is 8.77. The van der Waals surface area contributed by atoms with Crippen molar-refractivity contribution < 1.29 is 4.79 Å². The van der Waals surface area contributed by atoms with Crippen LogP contribution in [0.2, 0.25) is 0 Å². The lowest BCUT2D eigenvalue weighted by Gasteiger charge is -2.13. The molecule has 0 bridgehead atoms. The maximum atomic E-state index is 12.7. The number of ketones is 1. The van der Waals surface area contributed by atoms with Crippen molar-refractivity contribution in [2.75, 3.05) is 0 Å². The molecule has 0 unspecified atom stereocenters. The Morgan fingerprint density at radius 1 is 1.21 bits per heavy atom. The lowest BCUT2D eigenvalue weighted by Crippen LogP contribution is -2.22. The Kier molecular flexibility index (Phi) is 4.97. The molecule has 2 aromatic carbocycles. The SMILES string of the molecule is C[C@@H](SCc1ccccc1)C(=O)[C@@H](C#N)c1nc2ccccc2[nH]1. The second kappa shape index (κ2) is 7.33. The third kappa shape index (κ3) is 3.50. The van der Waals surface area contributed by atoms with Gasteiger partial charge in [0.15, 0.2) is 11.7 Å². The molecule has 0 aliphatic rings. The van der Waals surface area contributed by atoms with Gasteiger partial charge in [-0.1, -0.05) is 42.5 Å². The van der Waals surface area contributed by atoms with Crippen LogP contribution in [0.5, 0.6) is 0 Å². The zero-order valence-electron chi connectivity index (χ0n) is 13.3. The maximum Gasteiger partial charge on any atom is 0.170 e. The van der Waals surface area contributed by atoms with Crippen LogP contribution in [0, 0.1) is 11.3 Å². The van der Waals surface area contributed by atoms with E-state index in [4.69, 9.17) is 0 Å². The summed E-state index contributed by atoms with van der Waals surface area (Å²) in [4.78, 5) is 20.2. The summed E-state index contributed by atoms with van der Waals surface area (Å²) in [6.07, 6.45) is 0. The molecular formula is C19H17N3OS. The molecule has 3 aromatic rings. The number of carbonyl (C=O) groups is 1. The number of fused-ring (bicyclic) bond motifs is 1. The number of aromatic nitrogens is 2. The highest BCUT2D eigenvalue weighted by molar-refractivity contribution is 7.99. The lowest BCUT2D eigenvalue weighted by molar-refractivity contribution is -0.118. The fraction of sp³-hybridized carbons (Fsp3) is 0.211. The van der Waals surface area contributed by atoms with Crippen LogP contribution < -0.4 is 0 Å². The maximum absolute atomic E-state index is 12.7. The monoisotopic (exact) mass is 335 g/mol. The molecular weight excluding hydrogens is 318 g/mol. The van der Waals surface area contributed by atoms with E-state index >= 15 is 0 Å². The fourth-order valence-corrected chi connectivity index (χ4v) is 3.42. The second-order valence-corrected chi connectivity index (χ2v) is 6.87. The predicted molar refractivity (Wildman–Crippen MR) is 96.7 cm³/mol. The standard InChI is InChI=1S/C19H17N3OS/c1-13(24-12-14-7-3-2-4-8-14)18(23)15(11-20)19-21-16-9-5-6-10-17(16)22-19/h2-10,13,15H,12H2,1H3,(H,21,22)/t13-,15-/m1/s1. The number of nitrogens with one attached hydrogen (secondary N) is 1. The number of nitriles is 1. The molecule has 0 spiro atoms. The summed E-state index contributed by atoms with van der Waals surface area (Å²) in [6.45, 7) is 1.85. The molecule has 0 saturated carbocycles. The topological polar surface area (TPSA) is 69.5 Å². The summed E-state index contributed by atoms with van der Waals surface area (Å²) in [7, 11) is 0. The van der Waals surface area contributed by atoms with Crippen molar-refractivity contribution in [1.82, 2.24) is 9.97 Å². The van der Waals surface area contributed by atoms with Crippen LogP contribution in [0.4, 0.5) is 0 Å². The number of thioether (sulfide) groups is 1. The molecule has 0 saturated heterocycles. The molecule has 0 amide bonds. The second-order valence-electron chi connectivity index (χ2n) is 5.54. The molecule has 24 heavy (non-hydrogen) atoms. The molecule has 1 aromatic heterocycles. The zero-order chi connectivity index (χ0) is 16.9. The molecule has 4 nitrogen and oxygen atoms in total. The van der Waals surface area contributed by atoms with Crippen molar-refractivity contribution in [3.63, 3.8) is 0 Å². The summed E-state index contributed by atoms with van der Waals surface area (Å²) in [6, 6.07) is 19.6. The Balaban J connectivity index is 1.72. The third-order valence-electron chi connectivity index (χ3n) is 3.84. The van der Waals surface area contributed by atoms with E-state index in [2.05, 4.69) is 16.0 Å². The highest BCUT2D eigenvalue weighted by atomic mass is 32.2. The first-order chi connectivity index (χ1) is 11.7. The van der Waals surface area contributed by atoms with Crippen molar-refractivity contribution >= 4 is 28.6 Å². The summed E-state index contributed by atoms with van der Waals surface area (Å²) >= 11 is 1.54. The first kappa shape index (κ1) is 16.3. The van der Waals surface area contributed by atoms with Crippen molar-refractivity contribution in [2.45, 2.75) is 23.8 Å². The number of rotatable bonds is 6. The van der Waals surface area contributed by atoms with E-state index in [-0.39, 0.29) is 11.0 Å². The van der Waals surface area contributed by atoms with Gasteiger partial charge < -0.3 is 4.98 Å². The number of Topliss-reactive ketones (excluding diaryl/α,β-unsaturated/α-hetero) is 1. The number of imidazole rings is 1. The summed E-state index contributed by atoms with van der Waals surface area (Å²) in [5.41, 5.74) is 2.77. The molecule has 120 valence electrons. The van der Waals surface area contributed by atoms with Gasteiger partial charge in [0.05, 0.1) is 22.4 Å². The minimum atomic E-state index is -0.865. The normalized spacial score (nSPS) is 13.3. The van der Waals surface area contributed by atoms with Crippen molar-refractivity contribution in [3.8, 4) is 6.07 Å². The Labute approximate surface area is 144 Å². The molecule has 1 heterocycles. The van der Waals surface area contributed by atoms with Crippen molar-refractivity contribution in [1.29, 1.82) is 5.26 Å².